The van der Waals surface area contributed by atoms with Gasteiger partial charge in [0.2, 0.25) is 5.82 Å². The summed E-state index contributed by atoms with van der Waals surface area (Å²) in [5.41, 5.74) is -0.168. The smallest absolute Gasteiger partial charge is 0.341 e. The van der Waals surface area contributed by atoms with Crippen molar-refractivity contribution in [1.82, 2.24) is 4.98 Å². The van der Waals surface area contributed by atoms with Crippen LogP contribution in [0.15, 0.2) is 6.20 Å². The molecule has 98 valence electrons. The molecule has 1 N–H and O–H groups in total. The van der Waals surface area contributed by atoms with Gasteiger partial charge in [0.25, 0.3) is 5.88 Å². The Morgan fingerprint density at radius 3 is 2.83 bits per heavy atom. The predicted molar refractivity (Wildman–Crippen MR) is 60.2 cm³/mol. The Morgan fingerprint density at radius 1 is 1.61 bits per heavy atom. The summed E-state index contributed by atoms with van der Waals surface area (Å²) in [5.74, 6) is -2.03. The van der Waals surface area contributed by atoms with Gasteiger partial charge in [0, 0.05) is 6.20 Å². The normalized spacial score (nSPS) is 22.2. The SMILES string of the molecule is COC(=O)c1cnc(O[C@H]2CC[C@H]2O)c(F)c1Cl. The Morgan fingerprint density at radius 2 is 2.33 bits per heavy atom. The van der Waals surface area contributed by atoms with Crippen LogP contribution in [0.5, 0.6) is 5.88 Å². The maximum Gasteiger partial charge on any atom is 0.341 e. The summed E-state index contributed by atoms with van der Waals surface area (Å²) in [6.45, 7) is 0. The summed E-state index contributed by atoms with van der Waals surface area (Å²) in [5, 5.41) is 8.93. The predicted octanol–water partition coefficient (Wildman–Crippen LogP) is 1.56. The number of methoxy groups -OCH3 is 1. The van der Waals surface area contributed by atoms with Crippen LogP contribution in [-0.2, 0) is 4.74 Å². The van der Waals surface area contributed by atoms with E-state index in [1.807, 2.05) is 0 Å². The fourth-order valence-corrected chi connectivity index (χ4v) is 1.72. The third-order valence-corrected chi connectivity index (χ3v) is 3.14. The number of hydrogen-bond donors (Lipinski definition) is 1. The molecule has 0 saturated heterocycles. The Hall–Kier alpha value is -1.40. The van der Waals surface area contributed by atoms with Crippen LogP contribution in [0.4, 0.5) is 4.39 Å². The first-order valence-electron chi connectivity index (χ1n) is 5.31. The number of halogens is 2. The van der Waals surface area contributed by atoms with Crippen molar-refractivity contribution in [3.8, 4) is 5.88 Å². The highest BCUT2D eigenvalue weighted by atomic mass is 35.5. The fourth-order valence-electron chi connectivity index (χ4n) is 1.52. The van der Waals surface area contributed by atoms with Crippen LogP contribution in [0.2, 0.25) is 5.02 Å². The Balaban J connectivity index is 2.23. The van der Waals surface area contributed by atoms with Crippen molar-refractivity contribution < 1.29 is 23.8 Å². The van der Waals surface area contributed by atoms with Crippen molar-refractivity contribution in [2.75, 3.05) is 7.11 Å². The first-order valence-corrected chi connectivity index (χ1v) is 5.69. The molecule has 18 heavy (non-hydrogen) atoms. The number of aliphatic hydroxyl groups is 1. The summed E-state index contributed by atoms with van der Waals surface area (Å²) in [4.78, 5) is 14.9. The molecular weight excluding hydrogens is 265 g/mol. The lowest BCUT2D eigenvalue weighted by Gasteiger charge is -2.32. The molecule has 1 saturated carbocycles. The molecular formula is C11H11ClFNO4. The summed E-state index contributed by atoms with van der Waals surface area (Å²) in [7, 11) is 1.16. The molecule has 2 atom stereocenters. The monoisotopic (exact) mass is 275 g/mol. The van der Waals surface area contributed by atoms with Crippen LogP contribution in [-0.4, -0.2) is 35.4 Å². The van der Waals surface area contributed by atoms with Gasteiger partial charge in [-0.3, -0.25) is 0 Å². The zero-order valence-corrected chi connectivity index (χ0v) is 10.3. The van der Waals surface area contributed by atoms with E-state index in [1.165, 1.54) is 0 Å². The molecule has 0 amide bonds. The van der Waals surface area contributed by atoms with Crippen LogP contribution >= 0.6 is 11.6 Å². The highest BCUT2D eigenvalue weighted by molar-refractivity contribution is 6.33. The van der Waals surface area contributed by atoms with Crippen LogP contribution in [0, 0.1) is 5.82 Å². The van der Waals surface area contributed by atoms with E-state index in [0.29, 0.717) is 12.8 Å². The molecule has 1 aromatic rings. The van der Waals surface area contributed by atoms with Crippen molar-refractivity contribution in [3.63, 3.8) is 0 Å². The van der Waals surface area contributed by atoms with E-state index in [4.69, 9.17) is 16.3 Å². The lowest BCUT2D eigenvalue weighted by atomic mass is 9.92. The number of carbonyl (C=O) groups excluding carboxylic acids is 1. The van der Waals surface area contributed by atoms with Crippen molar-refractivity contribution in [1.29, 1.82) is 0 Å². The van der Waals surface area contributed by atoms with Crippen LogP contribution in [0.3, 0.4) is 0 Å². The van der Waals surface area contributed by atoms with E-state index in [0.717, 1.165) is 13.3 Å². The number of ether oxygens (including phenoxy) is 2. The molecule has 0 aliphatic heterocycles. The number of nitrogens with zero attached hydrogens (tertiary/aromatic N) is 1. The van der Waals surface area contributed by atoms with Gasteiger partial charge in [-0.1, -0.05) is 11.6 Å². The van der Waals surface area contributed by atoms with E-state index < -0.39 is 29.0 Å². The second kappa shape index (κ2) is 5.07. The first kappa shape index (κ1) is 13.0. The van der Waals surface area contributed by atoms with Crippen molar-refractivity contribution in [3.05, 3.63) is 22.6 Å². The molecule has 0 bridgehead atoms. The van der Waals surface area contributed by atoms with Crippen molar-refractivity contribution in [2.24, 2.45) is 0 Å². The zero-order valence-electron chi connectivity index (χ0n) is 9.52. The Labute approximate surface area is 107 Å². The third kappa shape index (κ3) is 2.26. The standard InChI is InChI=1S/C11H11ClFNO4/c1-17-11(16)5-4-14-10(9(13)8(5)12)18-7-3-2-6(7)15/h4,6-7,15H,2-3H2,1H3/t6-,7+/m1/s1. The number of rotatable bonds is 3. The van der Waals surface area contributed by atoms with Gasteiger partial charge in [0.1, 0.15) is 6.10 Å². The van der Waals surface area contributed by atoms with Gasteiger partial charge < -0.3 is 14.6 Å². The fraction of sp³-hybridized carbons (Fsp3) is 0.455. The number of pyridine rings is 1. The summed E-state index contributed by atoms with van der Waals surface area (Å²) in [6, 6.07) is 0. The average Bonchev–Trinajstić information content (AvgIpc) is 2.37. The van der Waals surface area contributed by atoms with E-state index >= 15 is 0 Å². The molecule has 0 spiro atoms. The van der Waals surface area contributed by atoms with Crippen molar-refractivity contribution >= 4 is 17.6 Å². The number of aromatic nitrogens is 1. The maximum atomic E-state index is 13.8. The van der Waals surface area contributed by atoms with E-state index in [2.05, 4.69) is 9.72 Å². The molecule has 1 aromatic heterocycles. The summed E-state index contributed by atoms with van der Waals surface area (Å²) >= 11 is 5.69. The van der Waals surface area contributed by atoms with Crippen LogP contribution in [0.1, 0.15) is 23.2 Å². The van der Waals surface area contributed by atoms with Gasteiger partial charge in [-0.2, -0.15) is 4.39 Å². The Kier molecular flexibility index (Phi) is 3.68. The van der Waals surface area contributed by atoms with Gasteiger partial charge >= 0.3 is 5.97 Å². The third-order valence-electron chi connectivity index (χ3n) is 2.77. The topological polar surface area (TPSA) is 68.7 Å². The molecule has 1 heterocycles. The second-order valence-corrected chi connectivity index (χ2v) is 4.28. The number of hydrogen-bond acceptors (Lipinski definition) is 5. The highest BCUT2D eigenvalue weighted by Gasteiger charge is 2.32. The molecule has 0 radical (unpaired) electrons. The number of carbonyl (C=O) groups is 1. The van der Waals surface area contributed by atoms with Crippen LogP contribution < -0.4 is 4.74 Å². The van der Waals surface area contributed by atoms with E-state index in [9.17, 15) is 14.3 Å². The lowest BCUT2D eigenvalue weighted by molar-refractivity contribution is -0.0400. The minimum absolute atomic E-state index is 0.168. The van der Waals surface area contributed by atoms with Gasteiger partial charge in [-0.25, -0.2) is 9.78 Å². The summed E-state index contributed by atoms with van der Waals surface area (Å²) < 4.78 is 23.4. The highest BCUT2D eigenvalue weighted by Crippen LogP contribution is 2.30. The molecule has 1 aliphatic carbocycles. The lowest BCUT2D eigenvalue weighted by Crippen LogP contribution is -2.41. The zero-order chi connectivity index (χ0) is 13.3. The van der Waals surface area contributed by atoms with E-state index in [1.54, 1.807) is 0 Å². The number of aliphatic hydroxyl groups excluding tert-OH is 1. The largest absolute Gasteiger partial charge is 0.469 e. The molecule has 0 unspecified atom stereocenters. The van der Waals surface area contributed by atoms with Crippen LogP contribution in [0.25, 0.3) is 0 Å². The molecule has 1 aliphatic rings. The van der Waals surface area contributed by atoms with Gasteiger partial charge in [0.05, 0.1) is 23.8 Å². The maximum absolute atomic E-state index is 13.8. The second-order valence-electron chi connectivity index (χ2n) is 3.90. The Bertz CT molecular complexity index is 482. The molecule has 2 rings (SSSR count). The molecule has 1 fully saturated rings. The summed E-state index contributed by atoms with van der Waals surface area (Å²) in [6.07, 6.45) is 1.22. The molecule has 7 heteroatoms. The molecule has 0 aromatic carbocycles. The van der Waals surface area contributed by atoms with E-state index in [-0.39, 0.29) is 11.4 Å². The minimum Gasteiger partial charge on any atom is -0.469 e. The first-order chi connectivity index (χ1) is 8.54. The quantitative estimate of drug-likeness (QED) is 0.848. The van der Waals surface area contributed by atoms with Gasteiger partial charge in [-0.15, -0.1) is 0 Å². The van der Waals surface area contributed by atoms with Gasteiger partial charge in [0.15, 0.2) is 0 Å². The molecule has 5 nitrogen and oxygen atoms in total. The average molecular weight is 276 g/mol. The number of esters is 1. The van der Waals surface area contributed by atoms with Gasteiger partial charge in [-0.05, 0) is 12.8 Å². The van der Waals surface area contributed by atoms with Crippen molar-refractivity contribution in [2.45, 2.75) is 25.0 Å². The minimum atomic E-state index is -0.932.